The first-order chi connectivity index (χ1) is 5.83. The van der Waals surface area contributed by atoms with Gasteiger partial charge in [0, 0.05) is 4.13 Å². The summed E-state index contributed by atoms with van der Waals surface area (Å²) in [6.45, 7) is 6.34. The second-order valence-corrected chi connectivity index (χ2v) is 5.74. The summed E-state index contributed by atoms with van der Waals surface area (Å²) in [5, 5.41) is 0. The van der Waals surface area contributed by atoms with Crippen LogP contribution in [-0.2, 0) is 20.0 Å². The molecule has 0 aliphatic heterocycles. The Balaban J connectivity index is 4.62. The number of rotatable bonds is 6. The third-order valence-corrected chi connectivity index (χ3v) is 4.01. The van der Waals surface area contributed by atoms with Crippen molar-refractivity contribution in [1.82, 2.24) is 4.13 Å². The Morgan fingerprint density at radius 2 is 1.23 bits per heavy atom. The van der Waals surface area contributed by atoms with Crippen molar-refractivity contribution in [1.29, 1.82) is 0 Å². The van der Waals surface area contributed by atoms with E-state index >= 15 is 0 Å². The average Bonchev–Trinajstić information content (AvgIpc) is 1.82. The van der Waals surface area contributed by atoms with Gasteiger partial charge in [-0.2, -0.15) is 0 Å². The van der Waals surface area contributed by atoms with Gasteiger partial charge < -0.3 is 0 Å². The smallest absolute Gasteiger partial charge is 0.210 e. The minimum Gasteiger partial charge on any atom is -0.210 e. The van der Waals surface area contributed by atoms with Crippen LogP contribution in [0.5, 0.6) is 0 Å². The summed E-state index contributed by atoms with van der Waals surface area (Å²) in [6, 6.07) is 0. The van der Waals surface area contributed by atoms with E-state index in [1.54, 1.807) is 0 Å². The van der Waals surface area contributed by atoms with Crippen LogP contribution in [0.15, 0.2) is 25.3 Å². The topological polar surface area (TPSA) is 82.4 Å². The minimum atomic E-state index is -3.94. The lowest BCUT2D eigenvalue weighted by Gasteiger charge is -1.99. The molecule has 0 spiro atoms. The van der Waals surface area contributed by atoms with Crippen LogP contribution in [-0.4, -0.2) is 28.3 Å². The Morgan fingerprint density at radius 1 is 0.923 bits per heavy atom. The van der Waals surface area contributed by atoms with Gasteiger partial charge in [0.05, 0.1) is 11.5 Å². The number of sulfonamides is 2. The van der Waals surface area contributed by atoms with E-state index in [1.165, 1.54) is 0 Å². The number of hydrogen-bond acceptors (Lipinski definition) is 4. The van der Waals surface area contributed by atoms with E-state index in [-0.39, 0.29) is 0 Å². The molecule has 0 amide bonds. The van der Waals surface area contributed by atoms with Crippen LogP contribution < -0.4 is 4.13 Å². The fourth-order valence-corrected chi connectivity index (χ4v) is 3.00. The Morgan fingerprint density at radius 3 is 1.46 bits per heavy atom. The summed E-state index contributed by atoms with van der Waals surface area (Å²) in [7, 11) is -7.88. The van der Waals surface area contributed by atoms with Gasteiger partial charge >= 0.3 is 0 Å². The molecular formula is C6H10NO4S2. The molecule has 0 bridgehead atoms. The molecule has 0 aromatic carbocycles. The average molecular weight is 224 g/mol. The normalized spacial score (nSPS) is 12.3. The summed E-state index contributed by atoms with van der Waals surface area (Å²) in [5.74, 6) is -0.966. The lowest BCUT2D eigenvalue weighted by molar-refractivity contribution is 0.579. The van der Waals surface area contributed by atoms with Crippen LogP contribution in [0.4, 0.5) is 0 Å². The first kappa shape index (κ1) is 12.3. The van der Waals surface area contributed by atoms with Crippen LogP contribution in [0, 0.1) is 0 Å². The third-order valence-electron chi connectivity index (χ3n) is 0.884. The second kappa shape index (κ2) is 4.54. The molecule has 0 rings (SSSR count). The van der Waals surface area contributed by atoms with E-state index < -0.39 is 31.6 Å². The highest BCUT2D eigenvalue weighted by Gasteiger charge is 2.20. The zero-order valence-corrected chi connectivity index (χ0v) is 8.51. The standard InChI is InChI=1S/C6H10NO4S2/c1-3-5-12(8,9)7-13(10,11)6-4-2/h3-4H,1-2,5-6H2. The summed E-state index contributed by atoms with van der Waals surface area (Å²) in [4.78, 5) is 0. The van der Waals surface area contributed by atoms with Crippen molar-refractivity contribution in [2.24, 2.45) is 0 Å². The van der Waals surface area contributed by atoms with Gasteiger partial charge in [-0.25, -0.2) is 16.8 Å². The highest BCUT2D eigenvalue weighted by Crippen LogP contribution is 1.95. The molecule has 0 heterocycles. The zero-order chi connectivity index (χ0) is 10.5. The van der Waals surface area contributed by atoms with Gasteiger partial charge in [0.25, 0.3) is 0 Å². The summed E-state index contributed by atoms with van der Waals surface area (Å²) in [6.07, 6.45) is 2.14. The first-order valence-electron chi connectivity index (χ1n) is 3.24. The van der Waals surface area contributed by atoms with Gasteiger partial charge in [0.15, 0.2) is 0 Å². The van der Waals surface area contributed by atoms with E-state index in [0.29, 0.717) is 0 Å². The molecule has 0 unspecified atom stereocenters. The number of nitrogens with zero attached hydrogens (tertiary/aromatic N) is 1. The molecule has 0 aliphatic rings. The van der Waals surface area contributed by atoms with Gasteiger partial charge in [-0.15, -0.1) is 13.2 Å². The fourth-order valence-electron chi connectivity index (χ4n) is 0.532. The van der Waals surface area contributed by atoms with Crippen LogP contribution >= 0.6 is 0 Å². The summed E-state index contributed by atoms with van der Waals surface area (Å²) >= 11 is 0. The Kier molecular flexibility index (Phi) is 4.31. The lowest BCUT2D eigenvalue weighted by Crippen LogP contribution is -2.26. The van der Waals surface area contributed by atoms with E-state index in [4.69, 9.17) is 0 Å². The Bertz CT molecular complexity index is 341. The zero-order valence-electron chi connectivity index (χ0n) is 6.88. The molecule has 0 aromatic heterocycles. The van der Waals surface area contributed by atoms with Crippen molar-refractivity contribution in [2.75, 3.05) is 11.5 Å². The maximum absolute atomic E-state index is 10.9. The van der Waals surface area contributed by atoms with Crippen molar-refractivity contribution in [3.8, 4) is 0 Å². The van der Waals surface area contributed by atoms with Gasteiger partial charge in [0.2, 0.25) is 20.0 Å². The SMILES string of the molecule is C=CCS(=O)(=O)[N]S(=O)(=O)CC=C. The summed E-state index contributed by atoms with van der Waals surface area (Å²) in [5.41, 5.74) is 0. The maximum Gasteiger partial charge on any atom is 0.246 e. The first-order valence-corrected chi connectivity index (χ1v) is 6.46. The molecule has 0 N–H and O–H groups in total. The molecule has 1 radical (unpaired) electrons. The van der Waals surface area contributed by atoms with Crippen molar-refractivity contribution in [3.05, 3.63) is 25.3 Å². The van der Waals surface area contributed by atoms with Crippen molar-refractivity contribution in [2.45, 2.75) is 0 Å². The van der Waals surface area contributed by atoms with Gasteiger partial charge in [-0.3, -0.25) is 0 Å². The largest absolute Gasteiger partial charge is 0.246 e. The molecule has 7 heteroatoms. The molecule has 13 heavy (non-hydrogen) atoms. The highest BCUT2D eigenvalue weighted by atomic mass is 32.3. The molecule has 5 nitrogen and oxygen atoms in total. The van der Waals surface area contributed by atoms with Gasteiger partial charge in [-0.05, 0) is 0 Å². The third kappa shape index (κ3) is 5.56. The van der Waals surface area contributed by atoms with Gasteiger partial charge in [-0.1, -0.05) is 12.2 Å². The van der Waals surface area contributed by atoms with Crippen molar-refractivity contribution >= 4 is 20.0 Å². The molecule has 0 fully saturated rings. The van der Waals surface area contributed by atoms with Gasteiger partial charge in [0.1, 0.15) is 0 Å². The van der Waals surface area contributed by atoms with Crippen molar-refractivity contribution in [3.63, 3.8) is 0 Å². The highest BCUT2D eigenvalue weighted by molar-refractivity contribution is 8.04. The summed E-state index contributed by atoms with van der Waals surface area (Å²) < 4.78 is 46.2. The fraction of sp³-hybridized carbons (Fsp3) is 0.333. The number of hydrogen-bond donors (Lipinski definition) is 0. The quantitative estimate of drug-likeness (QED) is 0.576. The predicted molar refractivity (Wildman–Crippen MR) is 50.1 cm³/mol. The van der Waals surface area contributed by atoms with Crippen LogP contribution in [0.25, 0.3) is 0 Å². The van der Waals surface area contributed by atoms with Crippen molar-refractivity contribution < 1.29 is 16.8 Å². The molecule has 0 aromatic rings. The van der Waals surface area contributed by atoms with Crippen LogP contribution in [0.1, 0.15) is 0 Å². The van der Waals surface area contributed by atoms with Crippen LogP contribution in [0.3, 0.4) is 0 Å². The van der Waals surface area contributed by atoms with E-state index in [9.17, 15) is 16.8 Å². The molecule has 0 aliphatic carbocycles. The Labute approximate surface area is 78.3 Å². The Hall–Kier alpha value is -0.660. The monoisotopic (exact) mass is 224 g/mol. The maximum atomic E-state index is 10.9. The molecule has 75 valence electrons. The molecule has 0 saturated carbocycles. The molecule has 0 saturated heterocycles. The minimum absolute atomic E-state index is 0.483. The predicted octanol–water partition coefficient (Wildman–Crippen LogP) is -0.378. The lowest BCUT2D eigenvalue weighted by atomic mass is 10.8. The molecule has 0 atom stereocenters. The second-order valence-electron chi connectivity index (χ2n) is 2.15. The van der Waals surface area contributed by atoms with Crippen LogP contribution in [0.2, 0.25) is 0 Å². The van der Waals surface area contributed by atoms with E-state index in [2.05, 4.69) is 17.3 Å². The van der Waals surface area contributed by atoms with E-state index in [0.717, 1.165) is 12.2 Å². The van der Waals surface area contributed by atoms with E-state index in [1.807, 2.05) is 0 Å². The molecular weight excluding hydrogens is 214 g/mol.